The lowest BCUT2D eigenvalue weighted by molar-refractivity contribution is -0.140. The number of alkyl halides is 3. The Morgan fingerprint density at radius 1 is 1.17 bits per heavy atom. The summed E-state index contributed by atoms with van der Waals surface area (Å²) in [6.07, 6.45) is -6.87. The SMILES string of the molecule is COc1cccc(C(F)(F)F)c1S(=O)(=O)NC(O)c1cc2ccc(N(C)C)cc2o1. The predicted molar refractivity (Wildman–Crippen MR) is 104 cm³/mol. The monoisotopic (exact) mass is 444 g/mol. The molecule has 2 N–H and O–H groups in total. The highest BCUT2D eigenvalue weighted by Gasteiger charge is 2.40. The van der Waals surface area contributed by atoms with Gasteiger partial charge in [-0.1, -0.05) is 6.07 Å². The van der Waals surface area contributed by atoms with Crippen molar-refractivity contribution < 1.29 is 35.8 Å². The average molecular weight is 444 g/mol. The number of sulfonamides is 1. The summed E-state index contributed by atoms with van der Waals surface area (Å²) in [6.45, 7) is 0. The molecule has 1 unspecified atom stereocenters. The van der Waals surface area contributed by atoms with Gasteiger partial charge in [-0.3, -0.25) is 0 Å². The third kappa shape index (κ3) is 4.23. The zero-order chi connectivity index (χ0) is 22.3. The number of ether oxygens (including phenoxy) is 1. The Hall–Kier alpha value is -2.76. The van der Waals surface area contributed by atoms with E-state index >= 15 is 0 Å². The third-order valence-corrected chi connectivity index (χ3v) is 5.84. The zero-order valence-corrected chi connectivity index (χ0v) is 17.0. The molecular formula is C19H19F3N2O5S. The first-order valence-corrected chi connectivity index (χ1v) is 10.1. The molecule has 0 bridgehead atoms. The second-order valence-electron chi connectivity index (χ2n) is 6.62. The second-order valence-corrected chi connectivity index (χ2v) is 8.27. The summed E-state index contributed by atoms with van der Waals surface area (Å²) in [5, 5.41) is 10.9. The number of nitrogens with zero attached hydrogens (tertiary/aromatic N) is 1. The number of benzene rings is 2. The van der Waals surface area contributed by atoms with Crippen LogP contribution in [0, 0.1) is 0 Å². The summed E-state index contributed by atoms with van der Waals surface area (Å²) < 4.78 is 77.7. The van der Waals surface area contributed by atoms with Crippen LogP contribution in [0.5, 0.6) is 5.75 Å². The van der Waals surface area contributed by atoms with E-state index in [-0.39, 0.29) is 5.76 Å². The standard InChI is InChI=1S/C19H19F3N2O5S/c1-24(2)12-8-7-11-9-16(29-15(11)10-12)18(25)23-30(26,27)17-13(19(20,21)22)5-4-6-14(17)28-3/h4-10,18,23,25H,1-3H3. The highest BCUT2D eigenvalue weighted by atomic mass is 32.2. The number of nitrogens with one attached hydrogen (secondary N) is 1. The highest BCUT2D eigenvalue weighted by Crippen LogP contribution is 2.39. The van der Waals surface area contributed by atoms with Crippen LogP contribution in [0.4, 0.5) is 18.9 Å². The van der Waals surface area contributed by atoms with Crippen molar-refractivity contribution in [3.8, 4) is 5.75 Å². The molecule has 0 radical (unpaired) electrons. The van der Waals surface area contributed by atoms with Crippen LogP contribution in [-0.2, 0) is 16.2 Å². The molecule has 0 fully saturated rings. The van der Waals surface area contributed by atoms with Crippen molar-refractivity contribution in [1.82, 2.24) is 4.72 Å². The van der Waals surface area contributed by atoms with Gasteiger partial charge in [0.05, 0.1) is 12.7 Å². The van der Waals surface area contributed by atoms with E-state index in [1.807, 2.05) is 23.7 Å². The minimum absolute atomic E-state index is 0.173. The smallest absolute Gasteiger partial charge is 0.417 e. The van der Waals surface area contributed by atoms with Crippen LogP contribution in [-0.4, -0.2) is 34.7 Å². The molecule has 0 amide bonds. The molecule has 0 saturated carbocycles. The fourth-order valence-electron chi connectivity index (χ4n) is 2.89. The van der Waals surface area contributed by atoms with Crippen LogP contribution in [0.2, 0.25) is 0 Å². The summed E-state index contributed by atoms with van der Waals surface area (Å²) in [4.78, 5) is 0.700. The van der Waals surface area contributed by atoms with E-state index in [1.165, 1.54) is 6.07 Å². The maximum Gasteiger partial charge on any atom is 0.417 e. The third-order valence-electron chi connectivity index (χ3n) is 4.35. The summed E-state index contributed by atoms with van der Waals surface area (Å²) in [5.74, 6) is -0.683. The van der Waals surface area contributed by atoms with Gasteiger partial charge in [0.15, 0.2) is 6.23 Å². The number of aliphatic hydroxyl groups excluding tert-OH is 1. The van der Waals surface area contributed by atoms with Crippen LogP contribution in [0.3, 0.4) is 0 Å². The van der Waals surface area contributed by atoms with Crippen molar-refractivity contribution in [2.75, 3.05) is 26.1 Å². The van der Waals surface area contributed by atoms with E-state index in [1.54, 1.807) is 18.2 Å². The number of hydrogen-bond donors (Lipinski definition) is 2. The van der Waals surface area contributed by atoms with E-state index < -0.39 is 38.6 Å². The molecule has 0 spiro atoms. The first kappa shape index (κ1) is 21.9. The maximum absolute atomic E-state index is 13.4. The van der Waals surface area contributed by atoms with Gasteiger partial charge in [-0.15, -0.1) is 0 Å². The lowest BCUT2D eigenvalue weighted by Crippen LogP contribution is -2.30. The molecule has 3 rings (SSSR count). The largest absolute Gasteiger partial charge is 0.495 e. The van der Waals surface area contributed by atoms with E-state index in [0.29, 0.717) is 17.0 Å². The molecule has 162 valence electrons. The van der Waals surface area contributed by atoms with Gasteiger partial charge in [-0.25, -0.2) is 8.42 Å². The van der Waals surface area contributed by atoms with Gasteiger partial charge in [-0.05, 0) is 30.3 Å². The number of aliphatic hydroxyl groups is 1. The Balaban J connectivity index is 1.99. The minimum atomic E-state index is -4.95. The van der Waals surface area contributed by atoms with Crippen LogP contribution in [0.1, 0.15) is 17.6 Å². The predicted octanol–water partition coefficient (Wildman–Crippen LogP) is 3.50. The molecule has 2 aromatic carbocycles. The number of halogens is 3. The highest BCUT2D eigenvalue weighted by molar-refractivity contribution is 7.89. The summed E-state index contributed by atoms with van der Waals surface area (Å²) in [5.41, 5.74) is -0.230. The molecule has 1 aromatic heterocycles. The molecule has 1 heterocycles. The Morgan fingerprint density at radius 2 is 1.87 bits per heavy atom. The Bertz CT molecular complexity index is 1170. The molecule has 3 aromatic rings. The number of anilines is 1. The van der Waals surface area contributed by atoms with Gasteiger partial charge in [0.2, 0.25) is 10.0 Å². The van der Waals surface area contributed by atoms with Gasteiger partial charge in [0.1, 0.15) is 22.0 Å². The van der Waals surface area contributed by atoms with Crippen molar-refractivity contribution >= 4 is 26.7 Å². The fourth-order valence-corrected chi connectivity index (χ4v) is 4.31. The molecule has 1 atom stereocenters. The van der Waals surface area contributed by atoms with Crippen molar-refractivity contribution in [2.45, 2.75) is 17.3 Å². The summed E-state index contributed by atoms with van der Waals surface area (Å²) in [6, 6.07) is 9.31. The zero-order valence-electron chi connectivity index (χ0n) is 16.2. The van der Waals surface area contributed by atoms with Crippen molar-refractivity contribution in [3.63, 3.8) is 0 Å². The quantitative estimate of drug-likeness (QED) is 0.566. The minimum Gasteiger partial charge on any atom is -0.495 e. The maximum atomic E-state index is 13.4. The number of furan rings is 1. The van der Waals surface area contributed by atoms with Crippen LogP contribution < -0.4 is 14.4 Å². The Morgan fingerprint density at radius 3 is 2.47 bits per heavy atom. The Labute approximate surface area is 170 Å². The molecule has 11 heteroatoms. The first-order valence-electron chi connectivity index (χ1n) is 8.59. The number of methoxy groups -OCH3 is 1. The van der Waals surface area contributed by atoms with Crippen LogP contribution >= 0.6 is 0 Å². The summed E-state index contributed by atoms with van der Waals surface area (Å²) >= 11 is 0. The van der Waals surface area contributed by atoms with Gasteiger partial charge in [0, 0.05) is 31.2 Å². The van der Waals surface area contributed by atoms with Gasteiger partial charge in [-0.2, -0.15) is 17.9 Å². The van der Waals surface area contributed by atoms with E-state index in [2.05, 4.69) is 0 Å². The lowest BCUT2D eigenvalue weighted by atomic mass is 10.2. The van der Waals surface area contributed by atoms with Crippen molar-refractivity contribution in [3.05, 3.63) is 53.8 Å². The average Bonchev–Trinajstić information content (AvgIpc) is 3.09. The van der Waals surface area contributed by atoms with Crippen molar-refractivity contribution in [1.29, 1.82) is 0 Å². The molecular weight excluding hydrogens is 425 g/mol. The number of fused-ring (bicyclic) bond motifs is 1. The topological polar surface area (TPSA) is 92.0 Å². The summed E-state index contributed by atoms with van der Waals surface area (Å²) in [7, 11) is -0.151. The van der Waals surface area contributed by atoms with E-state index in [0.717, 1.165) is 24.9 Å². The normalized spacial score (nSPS) is 13.4. The first-order chi connectivity index (χ1) is 13.9. The van der Waals surface area contributed by atoms with Crippen LogP contribution in [0.25, 0.3) is 11.0 Å². The van der Waals surface area contributed by atoms with E-state index in [9.17, 15) is 26.7 Å². The Kier molecular flexibility index (Phi) is 5.72. The molecule has 0 aliphatic carbocycles. The van der Waals surface area contributed by atoms with Gasteiger partial charge >= 0.3 is 6.18 Å². The van der Waals surface area contributed by atoms with Crippen molar-refractivity contribution in [2.24, 2.45) is 0 Å². The van der Waals surface area contributed by atoms with E-state index in [4.69, 9.17) is 9.15 Å². The molecule has 0 aliphatic heterocycles. The molecule has 7 nitrogen and oxygen atoms in total. The molecule has 30 heavy (non-hydrogen) atoms. The second kappa shape index (κ2) is 7.82. The molecule has 0 saturated heterocycles. The fraction of sp³-hybridized carbons (Fsp3) is 0.263. The molecule has 0 aliphatic rings. The van der Waals surface area contributed by atoms with Gasteiger partial charge < -0.3 is 19.2 Å². The lowest BCUT2D eigenvalue weighted by Gasteiger charge is -2.18. The number of hydrogen-bond acceptors (Lipinski definition) is 6. The number of rotatable bonds is 6. The van der Waals surface area contributed by atoms with Crippen LogP contribution in [0.15, 0.2) is 51.8 Å². The van der Waals surface area contributed by atoms with Gasteiger partial charge in [0.25, 0.3) is 0 Å².